The minimum Gasteiger partial charge on any atom is -0.493 e. The van der Waals surface area contributed by atoms with Crippen molar-refractivity contribution in [3.05, 3.63) is 35.1 Å². The molecule has 1 fully saturated rings. The van der Waals surface area contributed by atoms with E-state index in [9.17, 15) is 9.50 Å². The zero-order valence-electron chi connectivity index (χ0n) is 17.6. The first-order chi connectivity index (χ1) is 15.5. The molecule has 3 aromatic rings. The molecule has 0 amide bonds. The Kier molecular flexibility index (Phi) is 7.10. The molecule has 172 valence electrons. The molecule has 0 aliphatic carbocycles. The second-order valence-corrected chi connectivity index (χ2v) is 8.08. The number of aliphatic hydroxyl groups excluding tert-OH is 2. The number of aliphatic hydroxyl groups is 2. The van der Waals surface area contributed by atoms with Gasteiger partial charge in [0.2, 0.25) is 0 Å². The summed E-state index contributed by atoms with van der Waals surface area (Å²) in [5.41, 5.74) is 1.34. The van der Waals surface area contributed by atoms with Crippen molar-refractivity contribution in [2.24, 2.45) is 0 Å². The van der Waals surface area contributed by atoms with Crippen LogP contribution in [0.2, 0.25) is 5.02 Å². The molecule has 2 aromatic heterocycles. The lowest BCUT2D eigenvalue weighted by Gasteiger charge is -2.31. The molecular formula is C22H25ClFN3O5. The number of nitrogens with zero attached hydrogens (tertiary/aromatic N) is 2. The highest BCUT2D eigenvalue weighted by Crippen LogP contribution is 2.33. The van der Waals surface area contributed by atoms with E-state index in [1.54, 1.807) is 18.2 Å². The first kappa shape index (κ1) is 22.7. The number of hydrogen-bond acceptors (Lipinski definition) is 7. The number of H-pyrrole nitrogens is 1. The fraction of sp³-hybridized carbons (Fsp3) is 0.455. The zero-order valence-corrected chi connectivity index (χ0v) is 18.3. The van der Waals surface area contributed by atoms with E-state index in [0.29, 0.717) is 29.9 Å². The van der Waals surface area contributed by atoms with Crippen LogP contribution in [0.3, 0.4) is 0 Å². The van der Waals surface area contributed by atoms with Crippen LogP contribution in [0, 0.1) is 5.82 Å². The van der Waals surface area contributed by atoms with E-state index in [2.05, 4.69) is 21.9 Å². The third kappa shape index (κ3) is 4.96. The van der Waals surface area contributed by atoms with E-state index in [1.165, 1.54) is 6.07 Å². The summed E-state index contributed by atoms with van der Waals surface area (Å²) in [7, 11) is 0. The molecule has 0 saturated carbocycles. The molecule has 1 aromatic carbocycles. The van der Waals surface area contributed by atoms with Crippen LogP contribution in [-0.2, 0) is 4.74 Å². The summed E-state index contributed by atoms with van der Waals surface area (Å²) in [6.45, 7) is 2.53. The van der Waals surface area contributed by atoms with Gasteiger partial charge in [-0.15, -0.1) is 0 Å². The van der Waals surface area contributed by atoms with E-state index in [1.807, 2.05) is 0 Å². The molecule has 1 aliphatic rings. The SMILES string of the molecule is CCCCOc1ccc(-c2nc3nc(O[C@H]4CO[C@H](CO)[C@@H](O)C4)[nH]c3cc2Cl)c(F)c1. The number of halogens is 2. The molecule has 1 aliphatic heterocycles. The van der Waals surface area contributed by atoms with Crippen molar-refractivity contribution < 1.29 is 28.8 Å². The third-order valence-corrected chi connectivity index (χ3v) is 5.54. The normalized spacial score (nSPS) is 21.1. The van der Waals surface area contributed by atoms with Crippen LogP contribution in [0.5, 0.6) is 11.8 Å². The zero-order chi connectivity index (χ0) is 22.7. The Bertz CT molecular complexity index is 1080. The first-order valence-electron chi connectivity index (χ1n) is 10.5. The van der Waals surface area contributed by atoms with Crippen LogP contribution in [0.4, 0.5) is 4.39 Å². The molecule has 3 atom stereocenters. The van der Waals surface area contributed by atoms with Gasteiger partial charge in [-0.3, -0.25) is 0 Å². The summed E-state index contributed by atoms with van der Waals surface area (Å²) < 4.78 is 31.5. The first-order valence-corrected chi connectivity index (χ1v) is 10.9. The molecule has 1 saturated heterocycles. The van der Waals surface area contributed by atoms with Gasteiger partial charge < -0.3 is 29.4 Å². The molecular weight excluding hydrogens is 441 g/mol. The van der Waals surface area contributed by atoms with Crippen LogP contribution in [0.15, 0.2) is 24.3 Å². The molecule has 0 bridgehead atoms. The van der Waals surface area contributed by atoms with Gasteiger partial charge in [-0.25, -0.2) is 9.37 Å². The Morgan fingerprint density at radius 2 is 2.16 bits per heavy atom. The number of benzene rings is 1. The summed E-state index contributed by atoms with van der Waals surface area (Å²) in [6, 6.07) is 6.38. The molecule has 8 nitrogen and oxygen atoms in total. The van der Waals surface area contributed by atoms with Gasteiger partial charge in [0.1, 0.15) is 23.8 Å². The molecule has 0 unspecified atom stereocenters. The molecule has 3 heterocycles. The van der Waals surface area contributed by atoms with Crippen LogP contribution in [-0.4, -0.2) is 63.3 Å². The summed E-state index contributed by atoms with van der Waals surface area (Å²) >= 11 is 6.38. The summed E-state index contributed by atoms with van der Waals surface area (Å²) in [5, 5.41) is 19.4. The van der Waals surface area contributed by atoms with Gasteiger partial charge in [-0.1, -0.05) is 24.9 Å². The summed E-state index contributed by atoms with van der Waals surface area (Å²) in [5.74, 6) is -0.0424. The van der Waals surface area contributed by atoms with Gasteiger partial charge in [0.05, 0.1) is 42.2 Å². The van der Waals surface area contributed by atoms with Crippen molar-refractivity contribution >= 4 is 22.8 Å². The molecule has 0 radical (unpaired) electrons. The molecule has 10 heteroatoms. The Hall–Kier alpha value is -2.46. The Morgan fingerprint density at radius 1 is 1.31 bits per heavy atom. The van der Waals surface area contributed by atoms with E-state index in [-0.39, 0.29) is 35.5 Å². The van der Waals surface area contributed by atoms with E-state index >= 15 is 0 Å². The number of hydrogen-bond donors (Lipinski definition) is 3. The maximum Gasteiger partial charge on any atom is 0.296 e. The van der Waals surface area contributed by atoms with Gasteiger partial charge in [0, 0.05) is 18.1 Å². The van der Waals surface area contributed by atoms with Crippen LogP contribution in [0.1, 0.15) is 26.2 Å². The van der Waals surface area contributed by atoms with Gasteiger partial charge in [0.25, 0.3) is 6.01 Å². The average Bonchev–Trinajstić information content (AvgIpc) is 3.15. The quantitative estimate of drug-likeness (QED) is 0.437. The maximum absolute atomic E-state index is 14.7. The number of aromatic amines is 1. The van der Waals surface area contributed by atoms with Gasteiger partial charge in [0.15, 0.2) is 5.65 Å². The van der Waals surface area contributed by atoms with E-state index in [4.69, 9.17) is 30.9 Å². The highest BCUT2D eigenvalue weighted by Gasteiger charge is 2.31. The molecule has 3 N–H and O–H groups in total. The second-order valence-electron chi connectivity index (χ2n) is 7.67. The number of fused-ring (bicyclic) bond motifs is 1. The summed E-state index contributed by atoms with van der Waals surface area (Å²) in [6.07, 6.45) is 0.282. The number of rotatable bonds is 8. The molecule has 32 heavy (non-hydrogen) atoms. The van der Waals surface area contributed by atoms with Crippen molar-refractivity contribution in [3.63, 3.8) is 0 Å². The highest BCUT2D eigenvalue weighted by atomic mass is 35.5. The van der Waals surface area contributed by atoms with Crippen LogP contribution >= 0.6 is 11.6 Å². The van der Waals surface area contributed by atoms with Crippen molar-refractivity contribution in [2.45, 2.75) is 44.5 Å². The predicted octanol–water partition coefficient (Wildman–Crippen LogP) is 3.49. The van der Waals surface area contributed by atoms with Crippen LogP contribution < -0.4 is 9.47 Å². The number of imidazole rings is 1. The van der Waals surface area contributed by atoms with Crippen molar-refractivity contribution in [3.8, 4) is 23.0 Å². The number of nitrogens with one attached hydrogen (secondary N) is 1. The fourth-order valence-electron chi connectivity index (χ4n) is 3.50. The lowest BCUT2D eigenvalue weighted by Crippen LogP contribution is -2.45. The van der Waals surface area contributed by atoms with Crippen molar-refractivity contribution in [2.75, 3.05) is 19.8 Å². The average molecular weight is 466 g/mol. The third-order valence-electron chi connectivity index (χ3n) is 5.26. The number of ether oxygens (including phenoxy) is 3. The lowest BCUT2D eigenvalue weighted by atomic mass is 10.0. The van der Waals surface area contributed by atoms with Gasteiger partial charge >= 0.3 is 0 Å². The van der Waals surface area contributed by atoms with Gasteiger partial charge in [-0.05, 0) is 24.6 Å². The monoisotopic (exact) mass is 465 g/mol. The fourth-order valence-corrected chi connectivity index (χ4v) is 3.75. The largest absolute Gasteiger partial charge is 0.493 e. The topological polar surface area (TPSA) is 110 Å². The minimum absolute atomic E-state index is 0.184. The Morgan fingerprint density at radius 3 is 2.88 bits per heavy atom. The van der Waals surface area contributed by atoms with E-state index < -0.39 is 24.1 Å². The van der Waals surface area contributed by atoms with Crippen LogP contribution in [0.25, 0.3) is 22.4 Å². The number of aromatic nitrogens is 3. The van der Waals surface area contributed by atoms with Crippen molar-refractivity contribution in [1.82, 2.24) is 15.0 Å². The second kappa shape index (κ2) is 9.99. The smallest absolute Gasteiger partial charge is 0.296 e. The number of pyridine rings is 1. The minimum atomic E-state index is -0.834. The van der Waals surface area contributed by atoms with Gasteiger partial charge in [-0.2, -0.15) is 4.98 Å². The molecule has 4 rings (SSSR count). The van der Waals surface area contributed by atoms with E-state index in [0.717, 1.165) is 12.8 Å². The highest BCUT2D eigenvalue weighted by molar-refractivity contribution is 6.33. The van der Waals surface area contributed by atoms with Crippen molar-refractivity contribution in [1.29, 1.82) is 0 Å². The maximum atomic E-state index is 14.7. The lowest BCUT2D eigenvalue weighted by molar-refractivity contribution is -0.131. The Labute approximate surface area is 189 Å². The number of unbranched alkanes of at least 4 members (excludes halogenated alkanes) is 1. The Balaban J connectivity index is 1.53. The summed E-state index contributed by atoms with van der Waals surface area (Å²) in [4.78, 5) is 11.7. The molecule has 0 spiro atoms. The predicted molar refractivity (Wildman–Crippen MR) is 117 cm³/mol. The standard InChI is InChI=1S/C22H25ClFN3O5/c1-2-3-6-30-12-4-5-14(16(24)7-12)20-15(23)9-17-21(26-20)27-22(25-17)32-13-8-18(29)19(10-28)31-11-13/h4-5,7,9,13,18-19,28-29H,2-3,6,8,10-11H2,1H3,(H,25,26,27)/t13-,18+,19-/m1/s1.